The Labute approximate surface area is 63.3 Å². The Hall–Kier alpha value is -1.03. The van der Waals surface area contributed by atoms with Crippen molar-refractivity contribution in [2.45, 2.75) is 6.42 Å². The normalized spacial score (nSPS) is 11.8. The molecule has 0 amide bonds. The van der Waals surface area contributed by atoms with Gasteiger partial charge in [0.2, 0.25) is 0 Å². The van der Waals surface area contributed by atoms with Gasteiger partial charge < -0.3 is 11.6 Å². The fraction of sp³-hybridized carbons (Fsp3) is 0.167. The molecule has 1 aromatic heterocycles. The highest BCUT2D eigenvalue weighted by atomic mass is 32.1. The van der Waals surface area contributed by atoms with Crippen molar-refractivity contribution < 1.29 is 0 Å². The van der Waals surface area contributed by atoms with Crippen LogP contribution in [0.3, 0.4) is 0 Å². The highest BCUT2D eigenvalue weighted by Crippen LogP contribution is 2.08. The second-order valence-electron chi connectivity index (χ2n) is 1.88. The van der Waals surface area contributed by atoms with Crippen LogP contribution in [0.1, 0.15) is 4.88 Å². The maximum atomic E-state index is 5.40. The van der Waals surface area contributed by atoms with E-state index in [2.05, 4.69) is 5.10 Å². The SMILES string of the molecule is NN=C(N)Cc1cccs1. The average molecular weight is 155 g/mol. The van der Waals surface area contributed by atoms with Crippen LogP contribution >= 0.6 is 11.3 Å². The molecule has 0 aromatic carbocycles. The molecule has 54 valence electrons. The first-order chi connectivity index (χ1) is 4.83. The van der Waals surface area contributed by atoms with Crippen LogP contribution in [0.15, 0.2) is 22.6 Å². The Bertz CT molecular complexity index is 215. The van der Waals surface area contributed by atoms with Crippen molar-refractivity contribution in [3.63, 3.8) is 0 Å². The van der Waals surface area contributed by atoms with E-state index in [0.29, 0.717) is 12.3 Å². The number of hydrogen-bond donors (Lipinski definition) is 2. The van der Waals surface area contributed by atoms with Crippen molar-refractivity contribution in [1.82, 2.24) is 0 Å². The van der Waals surface area contributed by atoms with Crippen molar-refractivity contribution in [2.75, 3.05) is 0 Å². The minimum Gasteiger partial charge on any atom is -0.385 e. The lowest BCUT2D eigenvalue weighted by atomic mass is 10.3. The number of hydrogen-bond acceptors (Lipinski definition) is 3. The van der Waals surface area contributed by atoms with Crippen molar-refractivity contribution >= 4 is 17.2 Å². The Morgan fingerprint density at radius 1 is 1.70 bits per heavy atom. The first-order valence-electron chi connectivity index (χ1n) is 2.87. The van der Waals surface area contributed by atoms with Crippen molar-refractivity contribution in [3.05, 3.63) is 22.4 Å². The summed E-state index contributed by atoms with van der Waals surface area (Å²) < 4.78 is 0. The summed E-state index contributed by atoms with van der Waals surface area (Å²) >= 11 is 1.65. The van der Waals surface area contributed by atoms with Crippen LogP contribution < -0.4 is 11.6 Å². The van der Waals surface area contributed by atoms with E-state index in [4.69, 9.17) is 11.6 Å². The van der Waals surface area contributed by atoms with Gasteiger partial charge >= 0.3 is 0 Å². The molecule has 0 unspecified atom stereocenters. The van der Waals surface area contributed by atoms with E-state index in [1.54, 1.807) is 11.3 Å². The molecule has 4 N–H and O–H groups in total. The first kappa shape index (κ1) is 7.08. The van der Waals surface area contributed by atoms with Crippen molar-refractivity contribution in [2.24, 2.45) is 16.7 Å². The van der Waals surface area contributed by atoms with Crippen LogP contribution in [0.2, 0.25) is 0 Å². The molecule has 0 saturated carbocycles. The molecule has 0 aliphatic heterocycles. The highest BCUT2D eigenvalue weighted by Gasteiger charge is 1.95. The fourth-order valence-corrected chi connectivity index (χ4v) is 1.36. The van der Waals surface area contributed by atoms with E-state index in [-0.39, 0.29) is 0 Å². The Kier molecular flexibility index (Phi) is 2.28. The maximum absolute atomic E-state index is 5.40. The minimum atomic E-state index is 0.474. The number of thiophene rings is 1. The summed E-state index contributed by atoms with van der Waals surface area (Å²) in [6.07, 6.45) is 0.661. The van der Waals surface area contributed by atoms with E-state index in [9.17, 15) is 0 Å². The quantitative estimate of drug-likeness (QED) is 0.283. The molecular formula is C6H9N3S. The smallest absolute Gasteiger partial charge is 0.124 e. The van der Waals surface area contributed by atoms with E-state index in [1.807, 2.05) is 17.5 Å². The zero-order valence-electron chi connectivity index (χ0n) is 5.45. The molecule has 1 rings (SSSR count). The molecule has 4 heteroatoms. The van der Waals surface area contributed by atoms with E-state index < -0.39 is 0 Å². The Morgan fingerprint density at radius 3 is 3.00 bits per heavy atom. The van der Waals surface area contributed by atoms with Crippen molar-refractivity contribution in [1.29, 1.82) is 0 Å². The molecule has 0 aliphatic carbocycles. The molecule has 10 heavy (non-hydrogen) atoms. The molecule has 0 saturated heterocycles. The van der Waals surface area contributed by atoms with Gasteiger partial charge in [0.05, 0.1) is 0 Å². The Morgan fingerprint density at radius 2 is 2.50 bits per heavy atom. The summed E-state index contributed by atoms with van der Waals surface area (Å²) in [4.78, 5) is 1.19. The summed E-state index contributed by atoms with van der Waals surface area (Å²) in [5.74, 6) is 5.43. The van der Waals surface area contributed by atoms with Gasteiger partial charge in [-0.05, 0) is 11.4 Å². The second kappa shape index (κ2) is 3.22. The minimum absolute atomic E-state index is 0.474. The lowest BCUT2D eigenvalue weighted by molar-refractivity contribution is 1.18. The number of rotatable bonds is 2. The molecule has 0 aliphatic rings. The van der Waals surface area contributed by atoms with Gasteiger partial charge in [-0.1, -0.05) is 6.07 Å². The number of amidine groups is 1. The fourth-order valence-electron chi connectivity index (χ4n) is 0.637. The largest absolute Gasteiger partial charge is 0.385 e. The van der Waals surface area contributed by atoms with Gasteiger partial charge in [-0.15, -0.1) is 11.3 Å². The molecule has 3 nitrogen and oxygen atoms in total. The number of nitrogens with two attached hydrogens (primary N) is 2. The van der Waals surface area contributed by atoms with E-state index >= 15 is 0 Å². The average Bonchev–Trinajstić information content (AvgIpc) is 2.40. The van der Waals surface area contributed by atoms with Crippen LogP contribution in [-0.2, 0) is 6.42 Å². The topological polar surface area (TPSA) is 64.4 Å². The van der Waals surface area contributed by atoms with Crippen molar-refractivity contribution in [3.8, 4) is 0 Å². The second-order valence-corrected chi connectivity index (χ2v) is 2.91. The number of nitrogens with zero attached hydrogens (tertiary/aromatic N) is 1. The van der Waals surface area contributed by atoms with E-state index in [0.717, 1.165) is 0 Å². The van der Waals surface area contributed by atoms with E-state index in [1.165, 1.54) is 4.88 Å². The van der Waals surface area contributed by atoms with Crippen LogP contribution in [0.4, 0.5) is 0 Å². The van der Waals surface area contributed by atoms with Gasteiger partial charge in [-0.2, -0.15) is 5.10 Å². The van der Waals surface area contributed by atoms with Crippen LogP contribution in [0.5, 0.6) is 0 Å². The summed E-state index contributed by atoms with van der Waals surface area (Å²) in [5.41, 5.74) is 5.40. The third kappa shape index (κ3) is 1.73. The molecule has 0 bridgehead atoms. The summed E-state index contributed by atoms with van der Waals surface area (Å²) in [6, 6.07) is 3.98. The number of hydrazone groups is 1. The monoisotopic (exact) mass is 155 g/mol. The lowest BCUT2D eigenvalue weighted by Crippen LogP contribution is -2.16. The molecular weight excluding hydrogens is 146 g/mol. The zero-order valence-corrected chi connectivity index (χ0v) is 6.27. The van der Waals surface area contributed by atoms with Crippen LogP contribution in [0, 0.1) is 0 Å². The van der Waals surface area contributed by atoms with Gasteiger partial charge in [-0.25, -0.2) is 0 Å². The van der Waals surface area contributed by atoms with Crippen LogP contribution in [-0.4, -0.2) is 5.84 Å². The van der Waals surface area contributed by atoms with Gasteiger partial charge in [0, 0.05) is 11.3 Å². The highest BCUT2D eigenvalue weighted by molar-refractivity contribution is 7.10. The summed E-state index contributed by atoms with van der Waals surface area (Å²) in [6.45, 7) is 0. The first-order valence-corrected chi connectivity index (χ1v) is 3.75. The van der Waals surface area contributed by atoms with Crippen LogP contribution in [0.25, 0.3) is 0 Å². The lowest BCUT2D eigenvalue weighted by Gasteiger charge is -1.92. The molecule has 0 atom stereocenters. The van der Waals surface area contributed by atoms with Gasteiger partial charge in [0.15, 0.2) is 0 Å². The Balaban J connectivity index is 2.56. The maximum Gasteiger partial charge on any atom is 0.124 e. The molecule has 0 spiro atoms. The van der Waals surface area contributed by atoms with Gasteiger partial charge in [0.25, 0.3) is 0 Å². The molecule has 1 aromatic rings. The predicted molar refractivity (Wildman–Crippen MR) is 43.8 cm³/mol. The third-order valence-electron chi connectivity index (χ3n) is 1.10. The molecule has 1 heterocycles. The third-order valence-corrected chi connectivity index (χ3v) is 1.98. The predicted octanol–water partition coefficient (Wildman–Crippen LogP) is 0.521. The standard InChI is InChI=1S/C6H9N3S/c7-6(9-8)4-5-2-1-3-10-5/h1-3H,4,8H2,(H2,7,9). The summed E-state index contributed by atoms with van der Waals surface area (Å²) in [5, 5.41) is 5.36. The summed E-state index contributed by atoms with van der Waals surface area (Å²) in [7, 11) is 0. The van der Waals surface area contributed by atoms with Gasteiger partial charge in [0.1, 0.15) is 5.84 Å². The molecule has 0 fully saturated rings. The van der Waals surface area contributed by atoms with Gasteiger partial charge in [-0.3, -0.25) is 0 Å². The zero-order chi connectivity index (χ0) is 7.40. The molecule has 0 radical (unpaired) electrons.